The Morgan fingerprint density at radius 3 is 2.35 bits per heavy atom. The average Bonchev–Trinajstić information content (AvgIpc) is 2.51. The summed E-state index contributed by atoms with van der Waals surface area (Å²) in [5.41, 5.74) is 6.68. The van der Waals surface area contributed by atoms with E-state index in [0.29, 0.717) is 0 Å². The Bertz CT molecular complexity index is 704. The number of alkyl halides is 2. The number of aliphatic hydroxyl groups excluding tert-OH is 2. The van der Waals surface area contributed by atoms with E-state index in [1.165, 1.54) is 12.1 Å². The third-order valence-electron chi connectivity index (χ3n) is 2.77. The van der Waals surface area contributed by atoms with E-state index in [1.807, 2.05) is 0 Å². The van der Waals surface area contributed by atoms with E-state index < -0.39 is 39.5 Å². The summed E-state index contributed by atoms with van der Waals surface area (Å²) in [5, 5.41) is 21.6. The van der Waals surface area contributed by atoms with Crippen LogP contribution in [0.25, 0.3) is 0 Å². The van der Waals surface area contributed by atoms with E-state index in [9.17, 15) is 23.4 Å². The molecule has 0 saturated carbocycles. The molecule has 0 aromatic heterocycles. The Hall–Kier alpha value is -1.55. The van der Waals surface area contributed by atoms with Crippen molar-refractivity contribution in [2.45, 2.75) is 21.9 Å². The quantitative estimate of drug-likeness (QED) is 0.301. The van der Waals surface area contributed by atoms with Crippen LogP contribution in [0.5, 0.6) is 0 Å². The minimum absolute atomic E-state index is 0.226. The lowest BCUT2D eigenvalue weighted by Crippen LogP contribution is -2.44. The van der Waals surface area contributed by atoms with E-state index in [4.69, 9.17) is 28.7 Å². The molecule has 2 unspecified atom stereocenters. The molecule has 0 bridgehead atoms. The minimum Gasteiger partial charge on any atom is -0.394 e. The number of halogens is 2. The molecule has 0 fully saturated rings. The van der Waals surface area contributed by atoms with Crippen LogP contribution in [0.15, 0.2) is 33.7 Å². The van der Waals surface area contributed by atoms with E-state index in [0.717, 1.165) is 12.1 Å². The van der Waals surface area contributed by atoms with Crippen molar-refractivity contribution in [3.63, 3.8) is 0 Å². The maximum atomic E-state index is 11.6. The fourth-order valence-corrected chi connectivity index (χ4v) is 2.45. The van der Waals surface area contributed by atoms with Crippen LogP contribution in [0.2, 0.25) is 0 Å². The molecule has 1 aromatic carbocycles. The first-order valence-electron chi connectivity index (χ1n) is 6.04. The van der Waals surface area contributed by atoms with E-state index in [1.54, 1.807) is 0 Å². The van der Waals surface area contributed by atoms with Gasteiger partial charge in [-0.05, 0) is 17.7 Å². The van der Waals surface area contributed by atoms with Crippen molar-refractivity contribution in [1.29, 1.82) is 5.53 Å². The summed E-state index contributed by atoms with van der Waals surface area (Å²) in [6, 6.07) is 3.74. The molecule has 9 nitrogen and oxygen atoms in total. The van der Waals surface area contributed by atoms with E-state index >= 15 is 0 Å². The van der Waals surface area contributed by atoms with Crippen LogP contribution < -0.4 is 10.2 Å². The number of aliphatic hydroxyl groups is 2. The molecular weight excluding hydrogens is 371 g/mol. The van der Waals surface area contributed by atoms with Gasteiger partial charge >= 0.3 is 10.0 Å². The monoisotopic (exact) mass is 383 g/mol. The van der Waals surface area contributed by atoms with Gasteiger partial charge in [-0.25, -0.2) is 0 Å². The fourth-order valence-electron chi connectivity index (χ4n) is 1.64. The van der Waals surface area contributed by atoms with Gasteiger partial charge in [0.2, 0.25) is 4.91 Å². The Morgan fingerprint density at radius 2 is 1.91 bits per heavy atom. The number of amides is 1. The summed E-state index contributed by atoms with van der Waals surface area (Å²) in [5.74, 6) is -0.790. The largest absolute Gasteiger partial charge is 0.394 e. The molecule has 0 aliphatic carbocycles. The summed E-state index contributed by atoms with van der Waals surface area (Å²) in [4.78, 5) is 12.3. The highest BCUT2D eigenvalue weighted by Crippen LogP contribution is 2.20. The average molecular weight is 384 g/mol. The molecule has 1 aromatic rings. The van der Waals surface area contributed by atoms with Gasteiger partial charge in [-0.1, -0.05) is 35.3 Å². The summed E-state index contributed by atoms with van der Waals surface area (Å²) < 4.78 is 25.9. The van der Waals surface area contributed by atoms with Gasteiger partial charge in [0.25, 0.3) is 10.4 Å². The number of hydrogen-bond acceptors (Lipinski definition) is 6. The van der Waals surface area contributed by atoms with Crippen molar-refractivity contribution in [2.75, 3.05) is 6.61 Å². The second-order valence-electron chi connectivity index (χ2n) is 4.27. The predicted molar refractivity (Wildman–Crippen MR) is 80.4 cm³/mol. The van der Waals surface area contributed by atoms with Crippen molar-refractivity contribution < 1.29 is 23.4 Å². The second kappa shape index (κ2) is 8.34. The summed E-state index contributed by atoms with van der Waals surface area (Å²) >= 11 is 10.7. The fraction of sp³-hybridized carbons (Fsp3) is 0.364. The third-order valence-corrected chi connectivity index (χ3v) is 4.33. The van der Waals surface area contributed by atoms with Crippen LogP contribution in [0.1, 0.15) is 11.7 Å². The maximum absolute atomic E-state index is 11.6. The van der Waals surface area contributed by atoms with Crippen molar-refractivity contribution >= 4 is 39.1 Å². The van der Waals surface area contributed by atoms with Crippen LogP contribution in [-0.2, 0) is 14.8 Å². The molecule has 0 heterocycles. The van der Waals surface area contributed by atoms with Gasteiger partial charge in [-0.15, -0.1) is 0 Å². The van der Waals surface area contributed by atoms with E-state index in [-0.39, 0.29) is 10.5 Å². The molecule has 1 amide bonds. The number of rotatable bonds is 7. The van der Waals surface area contributed by atoms with Crippen molar-refractivity contribution in [1.82, 2.24) is 10.2 Å². The first-order valence-corrected chi connectivity index (χ1v) is 8.35. The van der Waals surface area contributed by atoms with E-state index in [2.05, 4.69) is 14.7 Å². The number of nitrogens with one attached hydrogen (secondary N) is 2. The van der Waals surface area contributed by atoms with Gasteiger partial charge in [-0.3, -0.25) is 4.79 Å². The number of hydrogen-bond donors (Lipinski definition) is 4. The molecule has 1 rings (SSSR count). The first kappa shape index (κ1) is 19.5. The smallest absolute Gasteiger partial charge is 0.355 e. The molecule has 12 heteroatoms. The topological polar surface area (TPSA) is 154 Å². The van der Waals surface area contributed by atoms with Crippen molar-refractivity contribution in [3.8, 4) is 0 Å². The van der Waals surface area contributed by atoms with Gasteiger partial charge in [0, 0.05) is 0 Å². The SMILES string of the molecule is N=[N+]=NS(=O)(=O)c1ccc(C(O)C(CO)NC(=O)C(Cl)Cl)cc1. The van der Waals surface area contributed by atoms with Crippen LogP contribution in [0.4, 0.5) is 0 Å². The van der Waals surface area contributed by atoms with Gasteiger partial charge < -0.3 is 15.5 Å². The second-order valence-corrected chi connectivity index (χ2v) is 6.95. The molecule has 126 valence electrons. The number of benzene rings is 1. The predicted octanol–water partition coefficient (Wildman–Crippen LogP) is 0.240. The lowest BCUT2D eigenvalue weighted by molar-refractivity contribution is -0.121. The molecular formula is C11H13Cl2N4O5S+. The Balaban J connectivity index is 2.98. The van der Waals surface area contributed by atoms with Crippen LogP contribution >= 0.6 is 23.2 Å². The molecule has 4 N–H and O–H groups in total. The summed E-state index contributed by atoms with van der Waals surface area (Å²) in [7, 11) is -4.07. The zero-order valence-corrected chi connectivity index (χ0v) is 13.8. The Labute approximate surface area is 141 Å². The molecule has 23 heavy (non-hydrogen) atoms. The number of carbonyl (C=O) groups is 1. The van der Waals surface area contributed by atoms with Gasteiger partial charge in [-0.2, -0.15) is 8.42 Å². The highest BCUT2D eigenvalue weighted by Gasteiger charge is 2.25. The molecule has 2 atom stereocenters. The standard InChI is InChI=1S/C11H12Cl2N4O5S/c12-10(13)11(20)15-8(5-18)9(19)6-1-3-7(4-2-6)23(21,22)17-16-14/h1-4,8-10,14,18-19H,5H2/p+1. The number of nitrogens with zero attached hydrogens (tertiary/aromatic N) is 2. The molecule has 0 aliphatic heterocycles. The third kappa shape index (κ3) is 5.24. The summed E-state index contributed by atoms with van der Waals surface area (Å²) in [6.07, 6.45) is -1.33. The van der Waals surface area contributed by atoms with Crippen LogP contribution in [0, 0.1) is 5.53 Å². The Kier molecular flexibility index (Phi) is 7.07. The number of carbonyl (C=O) groups excluding carboxylic acids is 1. The van der Waals surface area contributed by atoms with Gasteiger partial charge in [0.15, 0.2) is 4.84 Å². The Morgan fingerprint density at radius 1 is 1.35 bits per heavy atom. The molecule has 0 aliphatic rings. The molecule has 0 saturated heterocycles. The van der Waals surface area contributed by atoms with Crippen molar-refractivity contribution in [3.05, 3.63) is 29.8 Å². The lowest BCUT2D eigenvalue weighted by Gasteiger charge is -2.22. The minimum atomic E-state index is -4.07. The molecule has 0 radical (unpaired) electrons. The van der Waals surface area contributed by atoms with Crippen molar-refractivity contribution in [2.24, 2.45) is 4.52 Å². The highest BCUT2D eigenvalue weighted by molar-refractivity contribution is 7.90. The van der Waals surface area contributed by atoms with Gasteiger partial charge in [0.1, 0.15) is 11.6 Å². The zero-order valence-electron chi connectivity index (χ0n) is 11.4. The normalized spacial score (nSPS) is 14.0. The zero-order chi connectivity index (χ0) is 17.6. The lowest BCUT2D eigenvalue weighted by atomic mass is 10.0. The number of sulfonamides is 1. The highest BCUT2D eigenvalue weighted by atomic mass is 35.5. The first-order chi connectivity index (χ1) is 10.7. The summed E-state index contributed by atoms with van der Waals surface area (Å²) in [6.45, 7) is -0.597. The van der Waals surface area contributed by atoms with Gasteiger partial charge in [0.05, 0.1) is 17.5 Å². The van der Waals surface area contributed by atoms with Crippen LogP contribution in [-0.4, -0.2) is 42.0 Å². The maximum Gasteiger partial charge on any atom is 0.355 e. The van der Waals surface area contributed by atoms with Crippen LogP contribution in [0.3, 0.4) is 0 Å². The molecule has 0 spiro atoms.